The Morgan fingerprint density at radius 1 is 1.20 bits per heavy atom. The maximum absolute atomic E-state index is 15.2. The number of carbonyl (C=O) groups excluding carboxylic acids is 2. The van der Waals surface area contributed by atoms with Crippen molar-refractivity contribution in [3.63, 3.8) is 0 Å². The molecular formula is C29H28FN5O6. The number of nitrogens with zero attached hydrogens (tertiary/aromatic N) is 5. The number of aromatic nitrogens is 2. The fraction of sp³-hybridized carbons (Fsp3) is 0.414. The molecule has 1 aliphatic carbocycles. The van der Waals surface area contributed by atoms with Crippen molar-refractivity contribution in [3.05, 3.63) is 60.4 Å². The topological polar surface area (TPSA) is 131 Å². The number of amides is 2. The second kappa shape index (κ2) is 9.76. The molecule has 0 bridgehead atoms. The van der Waals surface area contributed by atoms with E-state index in [-0.39, 0.29) is 37.0 Å². The van der Waals surface area contributed by atoms with Crippen LogP contribution in [-0.4, -0.2) is 65.2 Å². The minimum Gasteiger partial charge on any atom is -0.471 e. The van der Waals surface area contributed by atoms with E-state index < -0.39 is 29.0 Å². The van der Waals surface area contributed by atoms with E-state index in [2.05, 4.69) is 16.2 Å². The zero-order valence-electron chi connectivity index (χ0n) is 22.7. The summed E-state index contributed by atoms with van der Waals surface area (Å²) in [5.41, 5.74) is 0.449. The van der Waals surface area contributed by atoms with Gasteiger partial charge >= 0.3 is 12.2 Å². The fourth-order valence-corrected chi connectivity index (χ4v) is 5.69. The number of fused-ring (bicyclic) bond motifs is 1. The number of cyclic esters (lactones) is 1. The summed E-state index contributed by atoms with van der Waals surface area (Å²) in [6.07, 6.45) is 1.39. The molecule has 41 heavy (non-hydrogen) atoms. The van der Waals surface area contributed by atoms with E-state index in [0.29, 0.717) is 35.6 Å². The predicted molar refractivity (Wildman–Crippen MR) is 141 cm³/mol. The van der Waals surface area contributed by atoms with E-state index in [9.17, 15) is 14.9 Å². The summed E-state index contributed by atoms with van der Waals surface area (Å²) in [6, 6.07) is 12.0. The highest BCUT2D eigenvalue weighted by atomic mass is 19.1. The molecule has 11 nitrogen and oxygen atoms in total. The Kier molecular flexibility index (Phi) is 6.32. The molecule has 212 valence electrons. The van der Waals surface area contributed by atoms with Crippen molar-refractivity contribution >= 4 is 17.9 Å². The molecule has 3 fully saturated rings. The van der Waals surface area contributed by atoms with Crippen molar-refractivity contribution in [3.8, 4) is 23.1 Å². The summed E-state index contributed by atoms with van der Waals surface area (Å²) in [5.74, 6) is -0.305. The van der Waals surface area contributed by atoms with Gasteiger partial charge in [0.1, 0.15) is 29.7 Å². The van der Waals surface area contributed by atoms with E-state index in [1.165, 1.54) is 17.2 Å². The van der Waals surface area contributed by atoms with Crippen LogP contribution in [0.2, 0.25) is 0 Å². The highest BCUT2D eigenvalue weighted by Crippen LogP contribution is 2.62. The third-order valence-corrected chi connectivity index (χ3v) is 7.69. The summed E-state index contributed by atoms with van der Waals surface area (Å²) < 4.78 is 36.2. The Hall–Kier alpha value is -4.66. The summed E-state index contributed by atoms with van der Waals surface area (Å²) in [4.78, 5) is 32.4. The SMILES string of the molecule is CC(C)(C)OC(=O)N1C[C@@H]2[C@H](C1)C2(C#N)c1ccc(-c2ccc(N3C[C@H](COc4ccon4)OC3=O)cc2F)cn1. The quantitative estimate of drug-likeness (QED) is 0.426. The van der Waals surface area contributed by atoms with Crippen molar-refractivity contribution in [1.29, 1.82) is 5.26 Å². The van der Waals surface area contributed by atoms with Gasteiger partial charge in [0.15, 0.2) is 6.10 Å². The fourth-order valence-electron chi connectivity index (χ4n) is 5.69. The van der Waals surface area contributed by atoms with Crippen LogP contribution >= 0.6 is 0 Å². The van der Waals surface area contributed by atoms with E-state index in [4.69, 9.17) is 18.7 Å². The Labute approximate surface area is 235 Å². The lowest BCUT2D eigenvalue weighted by atomic mass is 9.95. The third-order valence-electron chi connectivity index (χ3n) is 7.69. The molecule has 3 aromatic rings. The van der Waals surface area contributed by atoms with Gasteiger partial charge in [-0.15, -0.1) is 0 Å². The molecule has 2 aliphatic heterocycles. The first-order chi connectivity index (χ1) is 19.6. The maximum atomic E-state index is 15.2. The molecule has 12 heteroatoms. The van der Waals surface area contributed by atoms with Crippen LogP contribution in [0.25, 0.3) is 11.1 Å². The van der Waals surface area contributed by atoms with E-state index in [0.717, 1.165) is 0 Å². The predicted octanol–water partition coefficient (Wildman–Crippen LogP) is 4.54. The number of hydrogen-bond acceptors (Lipinski definition) is 9. The number of hydrogen-bond donors (Lipinski definition) is 0. The second-order valence-corrected chi connectivity index (χ2v) is 11.4. The average molecular weight is 562 g/mol. The second-order valence-electron chi connectivity index (χ2n) is 11.4. The third kappa shape index (κ3) is 4.81. The zero-order valence-corrected chi connectivity index (χ0v) is 22.7. The van der Waals surface area contributed by atoms with Gasteiger partial charge in [-0.3, -0.25) is 9.88 Å². The molecule has 2 aromatic heterocycles. The van der Waals surface area contributed by atoms with Gasteiger partial charge in [0.05, 0.1) is 24.0 Å². The number of anilines is 1. The van der Waals surface area contributed by atoms with Gasteiger partial charge in [-0.05, 0) is 50.2 Å². The Bertz CT molecular complexity index is 1500. The number of piperidine rings is 1. The number of rotatable bonds is 6. The van der Waals surface area contributed by atoms with E-state index in [1.54, 1.807) is 41.4 Å². The van der Waals surface area contributed by atoms with Crippen LogP contribution in [0.1, 0.15) is 26.5 Å². The number of benzene rings is 1. The molecule has 0 radical (unpaired) electrons. The van der Waals surface area contributed by atoms with Crippen LogP contribution in [0.3, 0.4) is 0 Å². The van der Waals surface area contributed by atoms with E-state index >= 15 is 4.39 Å². The van der Waals surface area contributed by atoms with Gasteiger partial charge in [-0.25, -0.2) is 14.0 Å². The molecule has 6 rings (SSSR count). The molecule has 4 atom stereocenters. The van der Waals surface area contributed by atoms with Crippen LogP contribution in [-0.2, 0) is 14.9 Å². The zero-order chi connectivity index (χ0) is 28.9. The first-order valence-electron chi connectivity index (χ1n) is 13.3. The maximum Gasteiger partial charge on any atom is 0.414 e. The van der Waals surface area contributed by atoms with Gasteiger partial charge in [0.25, 0.3) is 5.88 Å². The number of ether oxygens (including phenoxy) is 3. The first-order valence-corrected chi connectivity index (χ1v) is 13.3. The molecule has 3 aliphatic rings. The minimum atomic E-state index is -0.774. The van der Waals surface area contributed by atoms with Crippen molar-refractivity contribution < 1.29 is 32.7 Å². The Morgan fingerprint density at radius 2 is 1.98 bits per heavy atom. The van der Waals surface area contributed by atoms with Gasteiger partial charge in [0.2, 0.25) is 0 Å². The van der Waals surface area contributed by atoms with Gasteiger partial charge in [-0.1, -0.05) is 6.07 Å². The van der Waals surface area contributed by atoms with E-state index in [1.807, 2.05) is 20.8 Å². The average Bonchev–Trinajstić information content (AvgIpc) is 3.45. The van der Waals surface area contributed by atoms with Crippen molar-refractivity contribution in [1.82, 2.24) is 15.0 Å². The first kappa shape index (κ1) is 26.6. The molecule has 1 aromatic carbocycles. The smallest absolute Gasteiger partial charge is 0.414 e. The highest BCUT2D eigenvalue weighted by molar-refractivity contribution is 5.90. The van der Waals surface area contributed by atoms with Crippen LogP contribution in [0.15, 0.2) is 53.4 Å². The lowest BCUT2D eigenvalue weighted by Gasteiger charge is -2.27. The molecule has 0 N–H and O–H groups in total. The van der Waals surface area contributed by atoms with Crippen LogP contribution in [0.4, 0.5) is 19.7 Å². The minimum absolute atomic E-state index is 0.0280. The van der Waals surface area contributed by atoms with Crippen LogP contribution in [0, 0.1) is 29.0 Å². The molecular weight excluding hydrogens is 533 g/mol. The lowest BCUT2D eigenvalue weighted by Crippen LogP contribution is -2.39. The molecule has 2 amide bonds. The summed E-state index contributed by atoms with van der Waals surface area (Å²) in [7, 11) is 0. The normalized spacial score (nSPS) is 25.0. The van der Waals surface area contributed by atoms with Gasteiger partial charge in [0, 0.05) is 48.3 Å². The number of pyridine rings is 1. The standard InChI is InChI=1S/C29H28FN5O6/c1-28(2,3)41-26(36)34-13-21-22(14-34)29(21,16-31)24-7-4-17(11-32-24)20-6-5-18(10-23(20)30)35-12-19(40-27(35)37)15-38-25-8-9-39-33-25/h4-11,19,21-22H,12-15H2,1-3H3/t19-,21-,22+,29?/m1/s1. The summed E-state index contributed by atoms with van der Waals surface area (Å²) in [6.45, 7) is 6.58. The molecule has 1 saturated carbocycles. The van der Waals surface area contributed by atoms with Crippen molar-refractivity contribution in [2.24, 2.45) is 11.8 Å². The monoisotopic (exact) mass is 561 g/mol. The molecule has 4 heterocycles. The molecule has 1 unspecified atom stereocenters. The van der Waals surface area contributed by atoms with Crippen LogP contribution < -0.4 is 9.64 Å². The van der Waals surface area contributed by atoms with Crippen molar-refractivity contribution in [2.45, 2.75) is 37.9 Å². The van der Waals surface area contributed by atoms with Gasteiger partial charge < -0.3 is 23.6 Å². The number of likely N-dealkylation sites (tertiary alicyclic amines) is 1. The number of nitriles is 1. The largest absolute Gasteiger partial charge is 0.471 e. The van der Waals surface area contributed by atoms with Gasteiger partial charge in [-0.2, -0.15) is 5.26 Å². The Balaban J connectivity index is 1.11. The highest BCUT2D eigenvalue weighted by Gasteiger charge is 2.71. The van der Waals surface area contributed by atoms with Crippen molar-refractivity contribution in [2.75, 3.05) is 31.1 Å². The molecule has 0 spiro atoms. The lowest BCUT2D eigenvalue weighted by molar-refractivity contribution is 0.0265. The number of halogens is 1. The summed E-state index contributed by atoms with van der Waals surface area (Å²) >= 11 is 0. The number of carbonyl (C=O) groups is 2. The summed E-state index contributed by atoms with van der Waals surface area (Å²) in [5, 5.41) is 13.7. The van der Waals surface area contributed by atoms with Crippen LogP contribution in [0.5, 0.6) is 5.88 Å². The molecule has 2 saturated heterocycles. The Morgan fingerprint density at radius 3 is 2.59 bits per heavy atom.